The van der Waals surface area contributed by atoms with Crippen LogP contribution in [0.4, 0.5) is 5.13 Å². The highest BCUT2D eigenvalue weighted by molar-refractivity contribution is 14.1. The monoisotopic (exact) mass is 450 g/mol. The average molecular weight is 450 g/mol. The summed E-state index contributed by atoms with van der Waals surface area (Å²) in [4.78, 5) is 16.1. The Morgan fingerprint density at radius 2 is 2.00 bits per heavy atom. The maximum absolute atomic E-state index is 11.6. The fraction of sp³-hybridized carbons (Fsp3) is 0.111. The molecule has 2 N–H and O–H groups in total. The van der Waals surface area contributed by atoms with Gasteiger partial charge in [-0.15, -0.1) is 11.3 Å². The van der Waals surface area contributed by atoms with Crippen molar-refractivity contribution in [3.8, 4) is 11.3 Å². The largest absolute Gasteiger partial charge is 0.480 e. The van der Waals surface area contributed by atoms with Crippen LogP contribution >= 0.6 is 33.9 Å². The van der Waals surface area contributed by atoms with Gasteiger partial charge in [-0.2, -0.15) is 0 Å². The van der Waals surface area contributed by atoms with Crippen LogP contribution in [-0.2, 0) is 11.2 Å². The number of aliphatic carboxylic acids is 1. The smallest absolute Gasteiger partial charge is 0.326 e. The van der Waals surface area contributed by atoms with Gasteiger partial charge in [0, 0.05) is 20.9 Å². The lowest BCUT2D eigenvalue weighted by molar-refractivity contribution is -0.137. The normalized spacial score (nSPS) is 11.9. The number of nitrogens with one attached hydrogen (secondary N) is 1. The summed E-state index contributed by atoms with van der Waals surface area (Å²) in [6.45, 7) is 0. The molecular formula is C18H15IN2O2S. The molecule has 0 aliphatic heterocycles. The summed E-state index contributed by atoms with van der Waals surface area (Å²) in [5.74, 6) is -0.884. The van der Waals surface area contributed by atoms with Crippen LogP contribution in [0.2, 0.25) is 0 Å². The summed E-state index contributed by atoms with van der Waals surface area (Å²) >= 11 is 3.64. The van der Waals surface area contributed by atoms with Crippen molar-refractivity contribution in [1.82, 2.24) is 4.98 Å². The van der Waals surface area contributed by atoms with E-state index in [-0.39, 0.29) is 0 Å². The minimum atomic E-state index is -0.884. The Hall–Kier alpha value is -1.93. The zero-order valence-electron chi connectivity index (χ0n) is 12.6. The predicted octanol–water partition coefficient (Wildman–Crippen LogP) is 4.52. The quantitative estimate of drug-likeness (QED) is 0.543. The molecule has 122 valence electrons. The molecule has 1 heterocycles. The SMILES string of the molecule is O=C(O)C(Cc1cccc(I)c1)Nc1nc(-c2ccccc2)cs1. The van der Waals surface area contributed by atoms with Crippen molar-refractivity contribution < 1.29 is 9.90 Å². The van der Waals surface area contributed by atoms with E-state index >= 15 is 0 Å². The minimum Gasteiger partial charge on any atom is -0.480 e. The van der Waals surface area contributed by atoms with Crippen LogP contribution in [0, 0.1) is 3.57 Å². The highest BCUT2D eigenvalue weighted by Crippen LogP contribution is 2.25. The first-order valence-corrected chi connectivity index (χ1v) is 9.32. The van der Waals surface area contributed by atoms with Crippen LogP contribution in [0.25, 0.3) is 11.3 Å². The van der Waals surface area contributed by atoms with Gasteiger partial charge in [0.15, 0.2) is 5.13 Å². The number of benzene rings is 2. The number of thiazole rings is 1. The number of hydrogen-bond donors (Lipinski definition) is 2. The van der Waals surface area contributed by atoms with E-state index in [0.717, 1.165) is 20.4 Å². The Kier molecular flexibility index (Phi) is 5.47. The summed E-state index contributed by atoms with van der Waals surface area (Å²) in [5.41, 5.74) is 2.86. The van der Waals surface area contributed by atoms with Crippen LogP contribution < -0.4 is 5.32 Å². The molecule has 0 aliphatic carbocycles. The standard InChI is InChI=1S/C18H15IN2O2S/c19-14-8-4-5-12(9-14)10-15(17(22)23)20-18-21-16(11-24-18)13-6-2-1-3-7-13/h1-9,11,15H,10H2,(H,20,21)(H,22,23). The number of hydrogen-bond acceptors (Lipinski definition) is 4. The van der Waals surface area contributed by atoms with E-state index in [1.165, 1.54) is 11.3 Å². The van der Waals surface area contributed by atoms with Gasteiger partial charge in [-0.25, -0.2) is 9.78 Å². The van der Waals surface area contributed by atoms with Gasteiger partial charge < -0.3 is 10.4 Å². The second-order valence-electron chi connectivity index (χ2n) is 5.27. The molecule has 1 unspecified atom stereocenters. The minimum absolute atomic E-state index is 0.409. The van der Waals surface area contributed by atoms with Gasteiger partial charge >= 0.3 is 5.97 Å². The Bertz CT molecular complexity index is 836. The van der Waals surface area contributed by atoms with Gasteiger partial charge in [0.05, 0.1) is 5.69 Å². The van der Waals surface area contributed by atoms with E-state index in [1.807, 2.05) is 60.0 Å². The molecule has 3 rings (SSSR count). The third kappa shape index (κ3) is 4.33. The number of rotatable bonds is 6. The highest BCUT2D eigenvalue weighted by atomic mass is 127. The van der Waals surface area contributed by atoms with Crippen LogP contribution in [0.3, 0.4) is 0 Å². The first-order valence-electron chi connectivity index (χ1n) is 7.36. The van der Waals surface area contributed by atoms with Gasteiger partial charge in [0.2, 0.25) is 0 Å². The average Bonchev–Trinajstić information content (AvgIpc) is 3.04. The number of halogens is 1. The van der Waals surface area contributed by atoms with Gasteiger partial charge in [0.25, 0.3) is 0 Å². The number of anilines is 1. The molecule has 6 heteroatoms. The Labute approximate surface area is 157 Å². The zero-order chi connectivity index (χ0) is 16.9. The van der Waals surface area contributed by atoms with E-state index in [2.05, 4.69) is 32.9 Å². The first-order chi connectivity index (χ1) is 11.6. The van der Waals surface area contributed by atoms with Crippen molar-refractivity contribution in [2.75, 3.05) is 5.32 Å². The second-order valence-corrected chi connectivity index (χ2v) is 7.38. The van der Waals surface area contributed by atoms with E-state index in [1.54, 1.807) is 0 Å². The maximum atomic E-state index is 11.6. The molecule has 0 fully saturated rings. The van der Waals surface area contributed by atoms with Crippen molar-refractivity contribution in [2.24, 2.45) is 0 Å². The molecule has 1 atom stereocenters. The topological polar surface area (TPSA) is 62.2 Å². The summed E-state index contributed by atoms with van der Waals surface area (Å²) < 4.78 is 1.09. The van der Waals surface area contributed by atoms with Crippen LogP contribution in [-0.4, -0.2) is 22.1 Å². The van der Waals surface area contributed by atoms with Crippen molar-refractivity contribution in [3.63, 3.8) is 0 Å². The molecule has 24 heavy (non-hydrogen) atoms. The van der Waals surface area contributed by atoms with Gasteiger partial charge in [-0.1, -0.05) is 42.5 Å². The number of carboxylic acids is 1. The molecule has 0 amide bonds. The molecule has 0 spiro atoms. The fourth-order valence-corrected chi connectivity index (χ4v) is 3.71. The van der Waals surface area contributed by atoms with Crippen LogP contribution in [0.15, 0.2) is 60.0 Å². The number of aromatic nitrogens is 1. The van der Waals surface area contributed by atoms with Crippen LogP contribution in [0.1, 0.15) is 5.56 Å². The van der Waals surface area contributed by atoms with E-state index < -0.39 is 12.0 Å². The van der Waals surface area contributed by atoms with Crippen molar-refractivity contribution in [3.05, 3.63) is 69.1 Å². The van der Waals surface area contributed by atoms with E-state index in [4.69, 9.17) is 0 Å². The molecule has 3 aromatic rings. The molecule has 0 bridgehead atoms. The molecule has 1 aromatic heterocycles. The summed E-state index contributed by atoms with van der Waals surface area (Å²) in [5, 5.41) is 15.1. The summed E-state index contributed by atoms with van der Waals surface area (Å²) in [7, 11) is 0. The number of carbonyl (C=O) groups is 1. The maximum Gasteiger partial charge on any atom is 0.326 e. The lowest BCUT2D eigenvalue weighted by atomic mass is 10.1. The predicted molar refractivity (Wildman–Crippen MR) is 105 cm³/mol. The lowest BCUT2D eigenvalue weighted by Gasteiger charge is -2.13. The van der Waals surface area contributed by atoms with Gasteiger partial charge in [0.1, 0.15) is 6.04 Å². The fourth-order valence-electron chi connectivity index (χ4n) is 2.33. The van der Waals surface area contributed by atoms with Gasteiger partial charge in [-0.3, -0.25) is 0 Å². The first kappa shape index (κ1) is 16.9. The number of carboxylic acid groups (broad SMARTS) is 1. The second kappa shape index (κ2) is 7.76. The van der Waals surface area contributed by atoms with Crippen LogP contribution in [0.5, 0.6) is 0 Å². The Morgan fingerprint density at radius 1 is 1.21 bits per heavy atom. The Balaban J connectivity index is 1.74. The van der Waals surface area contributed by atoms with E-state index in [0.29, 0.717) is 11.6 Å². The molecule has 2 aromatic carbocycles. The van der Waals surface area contributed by atoms with Gasteiger partial charge in [-0.05, 0) is 40.3 Å². The molecule has 0 saturated carbocycles. The lowest BCUT2D eigenvalue weighted by Crippen LogP contribution is -2.31. The van der Waals surface area contributed by atoms with Crippen molar-refractivity contribution in [2.45, 2.75) is 12.5 Å². The van der Waals surface area contributed by atoms with Crippen molar-refractivity contribution >= 4 is 45.0 Å². The summed E-state index contributed by atoms with van der Waals surface area (Å²) in [6.07, 6.45) is 0.409. The molecule has 0 radical (unpaired) electrons. The number of nitrogens with zero attached hydrogens (tertiary/aromatic N) is 1. The molecule has 0 aliphatic rings. The third-order valence-corrected chi connectivity index (χ3v) is 4.94. The van der Waals surface area contributed by atoms with E-state index in [9.17, 15) is 9.90 Å². The van der Waals surface area contributed by atoms with Crippen molar-refractivity contribution in [1.29, 1.82) is 0 Å². The molecule has 4 nitrogen and oxygen atoms in total. The Morgan fingerprint density at radius 3 is 2.71 bits per heavy atom. The molecule has 0 saturated heterocycles. The summed E-state index contributed by atoms with van der Waals surface area (Å²) in [6, 6.07) is 17.0. The zero-order valence-corrected chi connectivity index (χ0v) is 15.6. The highest BCUT2D eigenvalue weighted by Gasteiger charge is 2.19. The third-order valence-electron chi connectivity index (χ3n) is 3.50. The molecular weight excluding hydrogens is 435 g/mol.